The third kappa shape index (κ3) is 7.00. The maximum Gasteiger partial charge on any atom is 0.238 e. The van der Waals surface area contributed by atoms with Gasteiger partial charge in [0.05, 0.1) is 17.0 Å². The zero-order valence-electron chi connectivity index (χ0n) is 16.8. The molecule has 0 aromatic heterocycles. The lowest BCUT2D eigenvalue weighted by molar-refractivity contribution is -0.127. The Morgan fingerprint density at radius 2 is 1.79 bits per heavy atom. The van der Waals surface area contributed by atoms with E-state index in [1.165, 1.54) is 18.6 Å². The van der Waals surface area contributed by atoms with Crippen LogP contribution in [0.5, 0.6) is 0 Å². The number of rotatable bonds is 8. The molecule has 2 unspecified atom stereocenters. The minimum Gasteiger partial charge on any atom is -0.348 e. The monoisotopic (exact) mass is 432 g/mol. The van der Waals surface area contributed by atoms with Crippen molar-refractivity contribution < 1.29 is 13.2 Å². The van der Waals surface area contributed by atoms with Crippen molar-refractivity contribution in [2.24, 2.45) is 11.1 Å². The molecule has 28 heavy (non-hydrogen) atoms. The van der Waals surface area contributed by atoms with E-state index in [0.717, 1.165) is 44.0 Å². The highest BCUT2D eigenvalue weighted by molar-refractivity contribution is 7.89. The smallest absolute Gasteiger partial charge is 0.238 e. The average molecular weight is 433 g/mol. The maximum atomic E-state index is 12.6. The summed E-state index contributed by atoms with van der Waals surface area (Å²) in [6.45, 7) is 6.77. The molecule has 1 amide bonds. The molecule has 7 nitrogen and oxygen atoms in total. The van der Waals surface area contributed by atoms with E-state index in [1.54, 1.807) is 12.1 Å². The first-order chi connectivity index (χ1) is 12.7. The van der Waals surface area contributed by atoms with Crippen molar-refractivity contribution in [2.45, 2.75) is 50.1 Å². The summed E-state index contributed by atoms with van der Waals surface area (Å²) in [6.07, 6.45) is 3.45. The second-order valence-electron chi connectivity index (χ2n) is 7.39. The molecule has 1 heterocycles. The van der Waals surface area contributed by atoms with Gasteiger partial charge >= 0.3 is 0 Å². The van der Waals surface area contributed by atoms with Crippen LogP contribution in [0.25, 0.3) is 0 Å². The Balaban J connectivity index is 0.00000392. The molecule has 0 radical (unpaired) electrons. The normalized spacial score (nSPS) is 18.1. The third-order valence-electron chi connectivity index (χ3n) is 5.45. The molecule has 1 aliphatic rings. The highest BCUT2D eigenvalue weighted by Crippen LogP contribution is 2.22. The van der Waals surface area contributed by atoms with Crippen LogP contribution in [0.2, 0.25) is 0 Å². The van der Waals surface area contributed by atoms with E-state index in [-0.39, 0.29) is 35.3 Å². The number of halogens is 1. The summed E-state index contributed by atoms with van der Waals surface area (Å²) in [5.41, 5.74) is 0.841. The number of carbonyl (C=O) groups excluding carboxylic acids is 1. The fraction of sp³-hybridized carbons (Fsp3) is 0.632. The lowest BCUT2D eigenvalue weighted by atomic mass is 9.92. The Kier molecular flexibility index (Phi) is 9.86. The Hall–Kier alpha value is -1.19. The number of piperidine rings is 1. The van der Waals surface area contributed by atoms with Crippen LogP contribution in [0, 0.1) is 5.92 Å². The van der Waals surface area contributed by atoms with Gasteiger partial charge < -0.3 is 10.6 Å². The third-order valence-corrected chi connectivity index (χ3v) is 6.38. The first kappa shape index (κ1) is 24.8. The Bertz CT molecular complexity index is 719. The predicted octanol–water partition coefficient (Wildman–Crippen LogP) is 1.64. The molecule has 1 aromatic rings. The standard InChI is InChI=1S/C19H32N4O3S.ClH/c1-14(17-4-6-18(7-5-17)27(20,25)26)22-19(24)15(2)23-12-9-16(10-13-23)8-11-21-3;/h4-7,14-16,21H,8-13H2,1-3H3,(H,22,24)(H2,20,25,26);1H. The number of sulfonamides is 1. The van der Waals surface area contributed by atoms with Gasteiger partial charge in [-0.2, -0.15) is 0 Å². The van der Waals surface area contributed by atoms with Gasteiger partial charge in [0.25, 0.3) is 0 Å². The summed E-state index contributed by atoms with van der Waals surface area (Å²) >= 11 is 0. The fourth-order valence-electron chi connectivity index (χ4n) is 3.51. The average Bonchev–Trinajstić information content (AvgIpc) is 2.65. The Morgan fingerprint density at radius 1 is 1.21 bits per heavy atom. The van der Waals surface area contributed by atoms with Gasteiger partial charge in [-0.05, 0) is 83.4 Å². The van der Waals surface area contributed by atoms with Crippen LogP contribution < -0.4 is 15.8 Å². The first-order valence-electron chi connectivity index (χ1n) is 9.54. The van der Waals surface area contributed by atoms with Gasteiger partial charge in [0, 0.05) is 0 Å². The van der Waals surface area contributed by atoms with Gasteiger partial charge in [0.15, 0.2) is 0 Å². The zero-order valence-corrected chi connectivity index (χ0v) is 18.5. The molecule has 0 saturated carbocycles. The number of likely N-dealkylation sites (tertiary alicyclic amines) is 1. The van der Waals surface area contributed by atoms with Crippen molar-refractivity contribution >= 4 is 28.3 Å². The van der Waals surface area contributed by atoms with E-state index in [2.05, 4.69) is 15.5 Å². The van der Waals surface area contributed by atoms with Crippen molar-refractivity contribution in [1.82, 2.24) is 15.5 Å². The van der Waals surface area contributed by atoms with Gasteiger partial charge in [0.1, 0.15) is 0 Å². The molecule has 1 saturated heterocycles. The van der Waals surface area contributed by atoms with E-state index in [1.807, 2.05) is 20.9 Å². The number of primary sulfonamides is 1. The highest BCUT2D eigenvalue weighted by Gasteiger charge is 2.27. The Morgan fingerprint density at radius 3 is 2.29 bits per heavy atom. The number of benzene rings is 1. The van der Waals surface area contributed by atoms with Crippen molar-refractivity contribution in [3.8, 4) is 0 Å². The van der Waals surface area contributed by atoms with Crippen LogP contribution in [-0.4, -0.2) is 51.9 Å². The molecule has 1 aliphatic heterocycles. The van der Waals surface area contributed by atoms with E-state index in [9.17, 15) is 13.2 Å². The molecule has 1 aromatic carbocycles. The summed E-state index contributed by atoms with van der Waals surface area (Å²) in [7, 11) is -1.73. The summed E-state index contributed by atoms with van der Waals surface area (Å²) in [5, 5.41) is 11.3. The number of hydrogen-bond donors (Lipinski definition) is 3. The lowest BCUT2D eigenvalue weighted by Crippen LogP contribution is -2.48. The number of hydrogen-bond acceptors (Lipinski definition) is 5. The van der Waals surface area contributed by atoms with Crippen molar-refractivity contribution in [2.75, 3.05) is 26.7 Å². The van der Waals surface area contributed by atoms with Gasteiger partial charge in [-0.3, -0.25) is 9.69 Å². The van der Waals surface area contributed by atoms with Crippen molar-refractivity contribution in [3.05, 3.63) is 29.8 Å². The SMILES string of the molecule is CNCCC1CCN(C(C)C(=O)NC(C)c2ccc(S(N)(=O)=O)cc2)CC1.Cl. The Labute approximate surface area is 174 Å². The summed E-state index contributed by atoms with van der Waals surface area (Å²) in [4.78, 5) is 14.9. The number of nitrogens with zero attached hydrogens (tertiary/aromatic N) is 1. The molecule has 2 rings (SSSR count). The zero-order chi connectivity index (χ0) is 20.0. The molecule has 0 aliphatic carbocycles. The van der Waals surface area contributed by atoms with Crippen LogP contribution in [0.1, 0.15) is 44.7 Å². The minimum atomic E-state index is -3.70. The quantitative estimate of drug-likeness (QED) is 0.579. The first-order valence-corrected chi connectivity index (χ1v) is 11.1. The lowest BCUT2D eigenvalue weighted by Gasteiger charge is -2.35. The molecule has 9 heteroatoms. The van der Waals surface area contributed by atoms with E-state index >= 15 is 0 Å². The summed E-state index contributed by atoms with van der Waals surface area (Å²) < 4.78 is 22.7. The second kappa shape index (κ2) is 11.1. The molecule has 160 valence electrons. The topological polar surface area (TPSA) is 105 Å². The van der Waals surface area contributed by atoms with Crippen LogP contribution in [-0.2, 0) is 14.8 Å². The van der Waals surface area contributed by atoms with E-state index in [4.69, 9.17) is 5.14 Å². The van der Waals surface area contributed by atoms with Crippen molar-refractivity contribution in [1.29, 1.82) is 0 Å². The molecule has 0 spiro atoms. The maximum absolute atomic E-state index is 12.6. The van der Waals surface area contributed by atoms with Gasteiger partial charge in [-0.1, -0.05) is 12.1 Å². The summed E-state index contributed by atoms with van der Waals surface area (Å²) in [5.74, 6) is 0.729. The molecular formula is C19H33ClN4O3S. The van der Waals surface area contributed by atoms with E-state index in [0.29, 0.717) is 0 Å². The predicted molar refractivity (Wildman–Crippen MR) is 114 cm³/mol. The number of nitrogens with one attached hydrogen (secondary N) is 2. The summed E-state index contributed by atoms with van der Waals surface area (Å²) in [6, 6.07) is 5.91. The second-order valence-corrected chi connectivity index (χ2v) is 8.95. The van der Waals surface area contributed by atoms with Crippen LogP contribution in [0.3, 0.4) is 0 Å². The molecular weight excluding hydrogens is 400 g/mol. The molecule has 0 bridgehead atoms. The fourth-order valence-corrected chi connectivity index (χ4v) is 4.02. The highest BCUT2D eigenvalue weighted by atomic mass is 35.5. The molecule has 2 atom stereocenters. The van der Waals surface area contributed by atoms with Crippen molar-refractivity contribution in [3.63, 3.8) is 0 Å². The van der Waals surface area contributed by atoms with Gasteiger partial charge in [-0.15, -0.1) is 12.4 Å². The van der Waals surface area contributed by atoms with Gasteiger partial charge in [-0.25, -0.2) is 13.6 Å². The van der Waals surface area contributed by atoms with Gasteiger partial charge in [0.2, 0.25) is 15.9 Å². The number of amides is 1. The van der Waals surface area contributed by atoms with E-state index < -0.39 is 10.0 Å². The van der Waals surface area contributed by atoms with Crippen LogP contribution in [0.4, 0.5) is 0 Å². The number of nitrogens with two attached hydrogens (primary N) is 1. The number of carbonyl (C=O) groups is 1. The molecule has 4 N–H and O–H groups in total. The van der Waals surface area contributed by atoms with Crippen LogP contribution >= 0.6 is 12.4 Å². The molecule has 1 fully saturated rings. The minimum absolute atomic E-state index is 0. The van der Waals surface area contributed by atoms with Crippen LogP contribution in [0.15, 0.2) is 29.2 Å². The largest absolute Gasteiger partial charge is 0.348 e.